The molecule has 0 bridgehead atoms. The maximum absolute atomic E-state index is 12.8. The van der Waals surface area contributed by atoms with Gasteiger partial charge in [-0.15, -0.1) is 0 Å². The molecular formula is C75H126NO8P. The number of ether oxygens (including phenoxy) is 2. The highest BCUT2D eigenvalue weighted by molar-refractivity contribution is 7.47. The number of phosphoric acid groups is 1. The van der Waals surface area contributed by atoms with Crippen molar-refractivity contribution in [1.29, 1.82) is 0 Å². The highest BCUT2D eigenvalue weighted by Crippen LogP contribution is 2.43. The SMILES string of the molecule is CC/C=C\C/C=C\C/C=C\C/C=C\C/C=C\C/C=C\C/C=C\C/C=C\C/C=C\CCCCCCCC(=O)OC(COC(=O)CCCCCCCCCCCCCCCCCC/C=C\C/C=C\C/C=C\CCCCCCC)COP(=O)(O)OCCN. The van der Waals surface area contributed by atoms with Gasteiger partial charge in [-0.1, -0.05) is 295 Å². The maximum Gasteiger partial charge on any atom is 0.472 e. The molecular weight excluding hydrogens is 1070 g/mol. The first-order valence-electron chi connectivity index (χ1n) is 34.3. The molecule has 0 aromatic carbocycles. The molecule has 0 saturated heterocycles. The van der Waals surface area contributed by atoms with Gasteiger partial charge in [0.15, 0.2) is 6.10 Å². The Kier molecular flexibility index (Phi) is 65.7. The molecule has 0 aliphatic heterocycles. The van der Waals surface area contributed by atoms with Gasteiger partial charge < -0.3 is 20.1 Å². The predicted octanol–water partition coefficient (Wildman–Crippen LogP) is 22.6. The molecule has 0 aliphatic rings. The summed E-state index contributed by atoms with van der Waals surface area (Å²) in [5.74, 6) is -0.853. The smallest absolute Gasteiger partial charge is 0.462 e. The zero-order valence-electron chi connectivity index (χ0n) is 54.3. The summed E-state index contributed by atoms with van der Waals surface area (Å²) >= 11 is 0. The van der Waals surface area contributed by atoms with Gasteiger partial charge in [0.25, 0.3) is 0 Å². The quantitative estimate of drug-likeness (QED) is 0.0264. The second-order valence-corrected chi connectivity index (χ2v) is 23.8. The van der Waals surface area contributed by atoms with Crippen LogP contribution in [0.15, 0.2) is 146 Å². The number of nitrogens with two attached hydrogens (primary N) is 1. The zero-order valence-corrected chi connectivity index (χ0v) is 55.2. The van der Waals surface area contributed by atoms with Crippen molar-refractivity contribution in [2.45, 2.75) is 290 Å². The van der Waals surface area contributed by atoms with E-state index in [0.717, 1.165) is 122 Å². The van der Waals surface area contributed by atoms with E-state index >= 15 is 0 Å². The monoisotopic (exact) mass is 1200 g/mol. The number of carbonyl (C=O) groups excluding carboxylic acids is 2. The molecule has 0 spiro atoms. The molecule has 0 aromatic rings. The summed E-state index contributed by atoms with van der Waals surface area (Å²) in [5, 5.41) is 0. The molecule has 0 amide bonds. The van der Waals surface area contributed by atoms with E-state index in [9.17, 15) is 19.0 Å². The summed E-state index contributed by atoms with van der Waals surface area (Å²) in [7, 11) is -4.41. The van der Waals surface area contributed by atoms with Crippen molar-refractivity contribution >= 4 is 19.8 Å². The van der Waals surface area contributed by atoms with E-state index in [-0.39, 0.29) is 38.6 Å². The van der Waals surface area contributed by atoms with Gasteiger partial charge in [0, 0.05) is 19.4 Å². The Labute approximate surface area is 522 Å². The predicted molar refractivity (Wildman–Crippen MR) is 367 cm³/mol. The van der Waals surface area contributed by atoms with Gasteiger partial charge in [0.2, 0.25) is 0 Å². The number of hydrogen-bond donors (Lipinski definition) is 2. The molecule has 0 aliphatic carbocycles. The van der Waals surface area contributed by atoms with Crippen LogP contribution < -0.4 is 5.73 Å². The van der Waals surface area contributed by atoms with Crippen molar-refractivity contribution in [2.24, 2.45) is 5.73 Å². The molecule has 9 nitrogen and oxygen atoms in total. The number of hydrogen-bond acceptors (Lipinski definition) is 8. The minimum absolute atomic E-state index is 0.0430. The van der Waals surface area contributed by atoms with Crippen molar-refractivity contribution in [3.8, 4) is 0 Å². The van der Waals surface area contributed by atoms with Crippen molar-refractivity contribution in [2.75, 3.05) is 26.4 Å². The first-order chi connectivity index (χ1) is 41.8. The maximum atomic E-state index is 12.8. The minimum atomic E-state index is -4.41. The molecule has 3 N–H and O–H groups in total. The molecule has 0 rings (SSSR count). The Morgan fingerprint density at radius 2 is 0.647 bits per heavy atom. The first kappa shape index (κ1) is 80.9. The Hall–Kier alpha value is -4.11. The lowest BCUT2D eigenvalue weighted by molar-refractivity contribution is -0.161. The van der Waals surface area contributed by atoms with E-state index in [2.05, 4.69) is 160 Å². The number of phosphoric ester groups is 1. The summed E-state index contributed by atoms with van der Waals surface area (Å²) < 4.78 is 33.1. The molecule has 0 aromatic heterocycles. The van der Waals surface area contributed by atoms with Crippen LogP contribution in [0.4, 0.5) is 0 Å². The highest BCUT2D eigenvalue weighted by atomic mass is 31.2. The lowest BCUT2D eigenvalue weighted by atomic mass is 10.0. The lowest BCUT2D eigenvalue weighted by Gasteiger charge is -2.19. The topological polar surface area (TPSA) is 134 Å². The van der Waals surface area contributed by atoms with E-state index in [0.29, 0.717) is 6.42 Å². The van der Waals surface area contributed by atoms with Crippen molar-refractivity contribution < 1.29 is 37.6 Å². The molecule has 0 radical (unpaired) electrons. The van der Waals surface area contributed by atoms with E-state index in [1.165, 1.54) is 128 Å². The van der Waals surface area contributed by atoms with Crippen molar-refractivity contribution in [1.82, 2.24) is 0 Å². The Bertz CT molecular complexity index is 1900. The number of allylic oxidation sites excluding steroid dienone is 24. The van der Waals surface area contributed by atoms with E-state index < -0.39 is 26.5 Å². The third-order valence-corrected chi connectivity index (χ3v) is 15.2. The van der Waals surface area contributed by atoms with Gasteiger partial charge in [-0.05, 0) is 122 Å². The summed E-state index contributed by atoms with van der Waals surface area (Å²) in [6, 6.07) is 0. The summed E-state index contributed by atoms with van der Waals surface area (Å²) in [6.07, 6.45) is 99.3. The molecule has 0 heterocycles. The fraction of sp³-hybridized carbons (Fsp3) is 0.653. The third kappa shape index (κ3) is 68.9. The van der Waals surface area contributed by atoms with Crippen LogP contribution >= 0.6 is 7.82 Å². The van der Waals surface area contributed by atoms with E-state index in [1.807, 2.05) is 0 Å². The van der Waals surface area contributed by atoms with Crippen molar-refractivity contribution in [3.63, 3.8) is 0 Å². The van der Waals surface area contributed by atoms with Crippen LogP contribution in [0.3, 0.4) is 0 Å². The average molecular weight is 1200 g/mol. The molecule has 484 valence electrons. The zero-order chi connectivity index (χ0) is 61.6. The molecule has 10 heteroatoms. The van der Waals surface area contributed by atoms with E-state index in [4.69, 9.17) is 24.3 Å². The van der Waals surface area contributed by atoms with Gasteiger partial charge in [0.05, 0.1) is 13.2 Å². The molecule has 0 saturated carbocycles. The Morgan fingerprint density at radius 3 is 0.965 bits per heavy atom. The fourth-order valence-electron chi connectivity index (χ4n) is 9.17. The highest BCUT2D eigenvalue weighted by Gasteiger charge is 2.26. The van der Waals surface area contributed by atoms with Gasteiger partial charge in [-0.2, -0.15) is 0 Å². The normalized spacial score (nSPS) is 13.9. The fourth-order valence-corrected chi connectivity index (χ4v) is 9.93. The standard InChI is InChI=1S/C75H126NO8P/c1-3-5-7-9-11-13-15-17-19-21-23-25-27-29-31-33-35-36-38-40-42-44-46-48-50-52-54-56-58-60-62-64-66-68-75(78)84-73(72-83-85(79,80)82-70-69-76)71-81-74(77)67-65-63-61-59-57-55-53-51-49-47-45-43-41-39-37-34-32-30-28-26-24-22-20-18-16-14-12-10-8-6-4-2/h5,7,11,13,16-19,22-25,28-31,35-36,40,42,46,48,52,54,73H,3-4,6,8-10,12,14-15,20-21,26-27,32-34,37-39,41,43-45,47,49-51,53,55-72,76H2,1-2H3,(H,79,80)/b7-5-,13-11-,18-16-,19-17-,24-22-,25-23-,30-28-,31-29-,36-35-,42-40-,48-46-,54-52-. The Morgan fingerprint density at radius 1 is 0.365 bits per heavy atom. The average Bonchev–Trinajstić information content (AvgIpc) is 3.52. The minimum Gasteiger partial charge on any atom is -0.462 e. The number of rotatable bonds is 63. The molecule has 0 fully saturated rings. The molecule has 2 unspecified atom stereocenters. The van der Waals surface area contributed by atoms with Gasteiger partial charge >= 0.3 is 19.8 Å². The Balaban J connectivity index is 3.99. The van der Waals surface area contributed by atoms with Crippen LogP contribution in [-0.2, 0) is 32.7 Å². The summed E-state index contributed by atoms with van der Waals surface area (Å²) in [6.45, 7) is 3.60. The summed E-state index contributed by atoms with van der Waals surface area (Å²) in [5.41, 5.74) is 5.40. The van der Waals surface area contributed by atoms with Crippen LogP contribution in [-0.4, -0.2) is 49.3 Å². The molecule has 85 heavy (non-hydrogen) atoms. The third-order valence-electron chi connectivity index (χ3n) is 14.2. The van der Waals surface area contributed by atoms with Gasteiger partial charge in [-0.25, -0.2) is 4.57 Å². The summed E-state index contributed by atoms with van der Waals surface area (Å²) in [4.78, 5) is 35.3. The van der Waals surface area contributed by atoms with Crippen molar-refractivity contribution in [3.05, 3.63) is 146 Å². The number of unbranched alkanes of at least 4 members (excludes halogenated alkanes) is 26. The largest absolute Gasteiger partial charge is 0.472 e. The second kappa shape index (κ2) is 69.0. The van der Waals surface area contributed by atoms with Crippen LogP contribution in [0.25, 0.3) is 0 Å². The lowest BCUT2D eigenvalue weighted by Crippen LogP contribution is -2.29. The van der Waals surface area contributed by atoms with Crippen LogP contribution in [0.5, 0.6) is 0 Å². The van der Waals surface area contributed by atoms with Crippen LogP contribution in [0, 0.1) is 0 Å². The van der Waals surface area contributed by atoms with Gasteiger partial charge in [-0.3, -0.25) is 18.6 Å². The van der Waals surface area contributed by atoms with Crippen LogP contribution in [0.2, 0.25) is 0 Å². The van der Waals surface area contributed by atoms with E-state index in [1.54, 1.807) is 0 Å². The number of esters is 2. The van der Waals surface area contributed by atoms with Gasteiger partial charge in [0.1, 0.15) is 6.61 Å². The second-order valence-electron chi connectivity index (χ2n) is 22.3. The molecule has 2 atom stereocenters. The first-order valence-corrected chi connectivity index (χ1v) is 35.8. The number of carbonyl (C=O) groups is 2. The van der Waals surface area contributed by atoms with Crippen LogP contribution in [0.1, 0.15) is 284 Å².